The largest absolute Gasteiger partial charge is 0.305 e. The highest BCUT2D eigenvalue weighted by molar-refractivity contribution is 6.26. The monoisotopic (exact) mass is 1280 g/mol. The summed E-state index contributed by atoms with van der Waals surface area (Å²) in [5.41, 5.74) is 16.7. The van der Waals surface area contributed by atoms with Gasteiger partial charge in [-0.3, -0.25) is 0 Å². The summed E-state index contributed by atoms with van der Waals surface area (Å²) in [5, 5.41) is 3.95. The molecule has 0 radical (unpaired) electrons. The summed E-state index contributed by atoms with van der Waals surface area (Å²) in [6.45, 7) is 0. The zero-order chi connectivity index (χ0) is 66.0. The molecule has 19 aromatic rings. The molecule has 14 heteroatoms. The van der Waals surface area contributed by atoms with Gasteiger partial charge < -0.3 is 8.80 Å². The fourth-order valence-electron chi connectivity index (χ4n) is 13.9. The predicted octanol–water partition coefficient (Wildman–Crippen LogP) is 18.8. The molecule has 0 aliphatic heterocycles. The Morgan fingerprint density at radius 3 is 0.670 bits per heavy atom. The van der Waals surface area contributed by atoms with E-state index in [-0.39, 0.29) is 0 Å². The van der Waals surface area contributed by atoms with E-state index in [1.165, 1.54) is 0 Å². The number of nitrogens with zero attached hydrogens (tertiary/aromatic N) is 14. The molecule has 0 unspecified atom stereocenters. The maximum atomic E-state index is 5.42. The van der Waals surface area contributed by atoms with Gasteiger partial charge in [-0.05, 0) is 59.7 Å². The van der Waals surface area contributed by atoms with Crippen LogP contribution in [0.4, 0.5) is 0 Å². The van der Waals surface area contributed by atoms with Crippen LogP contribution in [0, 0.1) is 0 Å². The average molecular weight is 1280 g/mol. The topological polar surface area (TPSA) is 164 Å². The van der Waals surface area contributed by atoms with Crippen LogP contribution in [0.5, 0.6) is 0 Å². The summed E-state index contributed by atoms with van der Waals surface area (Å²) in [5.74, 6) is 7.07. The third kappa shape index (κ3) is 10.3. The third-order valence-electron chi connectivity index (χ3n) is 18.5. The Bertz CT molecular complexity index is 5680. The Balaban J connectivity index is 0.889. The number of rotatable bonds is 14. The smallest absolute Gasteiger partial charge is 0.164 e. The second-order valence-corrected chi connectivity index (χ2v) is 24.8. The van der Waals surface area contributed by atoms with Gasteiger partial charge in [-0.25, -0.2) is 59.8 Å². The van der Waals surface area contributed by atoms with Crippen molar-refractivity contribution in [3.63, 3.8) is 0 Å². The van der Waals surface area contributed by atoms with E-state index >= 15 is 0 Å². The molecule has 0 saturated carbocycles. The molecular formula is C86H54N14. The standard InChI is InChI=1S/C86H54N14/c1-9-25-55(26-10-1)77-87-71(88-78(91-77)56-27-11-2-12-28-56)51-53-41-45-67-65(49-53)73-63(85-95-81(59-33-17-5-18-34-59)93-82(96-85)60-35-19-6-20-36-60)43-47-69-75(73)99(67)70-48-44-64(86-97-83(61-37-21-7-22-38-61)94-84(98-86)62-39-23-8-24-40-62)74-66-50-54(42-46-68(66)100(69)76(70)74)52-72-89-79(57-29-13-3-14-30-57)92-80(90-72)58-31-15-4-16-32-58/h1-50H,51-52H2. The van der Waals surface area contributed by atoms with Crippen LogP contribution in [0.3, 0.4) is 0 Å². The molecule has 0 amide bonds. The Kier molecular flexibility index (Phi) is 14.0. The number of fused-ring (bicyclic) bond motifs is 8. The van der Waals surface area contributed by atoms with E-state index in [2.05, 4.69) is 69.5 Å². The van der Waals surface area contributed by atoms with Gasteiger partial charge in [0, 0.05) is 90.0 Å². The van der Waals surface area contributed by atoms with Gasteiger partial charge in [0.15, 0.2) is 58.2 Å². The van der Waals surface area contributed by atoms with Crippen LogP contribution in [-0.2, 0) is 12.8 Å². The first-order valence-corrected chi connectivity index (χ1v) is 33.2. The molecule has 100 heavy (non-hydrogen) atoms. The van der Waals surface area contributed by atoms with Gasteiger partial charge in [0.25, 0.3) is 0 Å². The van der Waals surface area contributed by atoms with Crippen molar-refractivity contribution in [1.29, 1.82) is 0 Å². The lowest BCUT2D eigenvalue weighted by atomic mass is 10.0. The van der Waals surface area contributed by atoms with Crippen LogP contribution < -0.4 is 0 Å². The van der Waals surface area contributed by atoms with Gasteiger partial charge in [0.1, 0.15) is 11.6 Å². The third-order valence-corrected chi connectivity index (χ3v) is 18.5. The number of hydrogen-bond acceptors (Lipinski definition) is 12. The van der Waals surface area contributed by atoms with Crippen molar-refractivity contribution in [2.45, 2.75) is 12.8 Å². The SMILES string of the molecule is c1ccc(-c2nc(Cc3ccc4c(c3)c3c(-c5nc(-c6ccccc6)nc(-c6ccccc6)n5)ccc5c3n4c3ccc(-c4nc(-c6ccccc6)nc(-c6ccccc6)n4)c4c6cc(Cc7nc(-c8ccccc8)nc(-c8ccccc8)n7)ccc6n5c43)nc(-c3ccccc3)n2)cc1. The highest BCUT2D eigenvalue weighted by atomic mass is 15.1. The van der Waals surface area contributed by atoms with Gasteiger partial charge in [-0.15, -0.1) is 0 Å². The molecule has 0 aliphatic rings. The second-order valence-electron chi connectivity index (χ2n) is 24.8. The Labute approximate surface area is 572 Å². The summed E-state index contributed by atoms with van der Waals surface area (Å²) in [6, 6.07) is 103. The highest BCUT2D eigenvalue weighted by Gasteiger charge is 2.28. The minimum absolute atomic E-state index is 0.418. The van der Waals surface area contributed by atoms with Crippen LogP contribution in [0.15, 0.2) is 303 Å². The van der Waals surface area contributed by atoms with Crippen molar-refractivity contribution in [2.75, 3.05) is 0 Å². The first-order chi connectivity index (χ1) is 49.5. The molecule has 7 aromatic heterocycles. The lowest BCUT2D eigenvalue weighted by molar-refractivity contribution is 0.933. The van der Waals surface area contributed by atoms with Gasteiger partial charge in [-0.1, -0.05) is 255 Å². The first-order valence-electron chi connectivity index (χ1n) is 33.2. The average Bonchev–Trinajstić information content (AvgIpc) is 1.51. The lowest BCUT2D eigenvalue weighted by Crippen LogP contribution is -2.04. The summed E-state index contributed by atoms with van der Waals surface area (Å²) in [7, 11) is 0. The van der Waals surface area contributed by atoms with Crippen LogP contribution in [0.2, 0.25) is 0 Å². The minimum atomic E-state index is 0.418. The summed E-state index contributed by atoms with van der Waals surface area (Å²) < 4.78 is 4.86. The molecule has 0 saturated heterocycles. The number of benzene rings is 12. The van der Waals surface area contributed by atoms with Crippen LogP contribution >= 0.6 is 0 Å². The quantitative estimate of drug-likeness (QED) is 0.0948. The normalized spacial score (nSPS) is 11.7. The molecule has 7 heterocycles. The molecule has 0 bridgehead atoms. The molecular weight excluding hydrogens is 1230 g/mol. The molecule has 0 spiro atoms. The van der Waals surface area contributed by atoms with Gasteiger partial charge in [0.05, 0.1) is 33.1 Å². The maximum Gasteiger partial charge on any atom is 0.164 e. The van der Waals surface area contributed by atoms with E-state index in [1.807, 2.05) is 243 Å². The Hall–Kier alpha value is -13.7. The molecule has 19 rings (SSSR count). The minimum Gasteiger partial charge on any atom is -0.305 e. The van der Waals surface area contributed by atoms with E-state index in [1.54, 1.807) is 0 Å². The van der Waals surface area contributed by atoms with Crippen molar-refractivity contribution < 1.29 is 0 Å². The molecule has 14 nitrogen and oxygen atoms in total. The summed E-state index contributed by atoms with van der Waals surface area (Å²) in [6.07, 6.45) is 0.836. The Morgan fingerprint density at radius 2 is 0.420 bits per heavy atom. The van der Waals surface area contributed by atoms with E-state index < -0.39 is 0 Å². The van der Waals surface area contributed by atoms with Crippen LogP contribution in [0.25, 0.3) is 169 Å². The molecule has 0 fully saturated rings. The molecule has 0 N–H and O–H groups in total. The van der Waals surface area contributed by atoms with Crippen molar-refractivity contribution in [2.24, 2.45) is 0 Å². The van der Waals surface area contributed by atoms with Crippen molar-refractivity contribution in [1.82, 2.24) is 68.6 Å². The number of hydrogen-bond donors (Lipinski definition) is 0. The highest BCUT2D eigenvalue weighted by Crippen LogP contribution is 2.47. The zero-order valence-corrected chi connectivity index (χ0v) is 53.5. The van der Waals surface area contributed by atoms with Gasteiger partial charge in [-0.2, -0.15) is 0 Å². The Morgan fingerprint density at radius 1 is 0.200 bits per heavy atom. The van der Waals surface area contributed by atoms with Crippen molar-refractivity contribution >= 4 is 54.6 Å². The second kappa shape index (κ2) is 24.2. The van der Waals surface area contributed by atoms with E-state index in [4.69, 9.17) is 59.8 Å². The molecule has 0 aliphatic carbocycles. The van der Waals surface area contributed by atoms with E-state index in [0.717, 1.165) is 121 Å². The summed E-state index contributed by atoms with van der Waals surface area (Å²) in [4.78, 5) is 62.9. The van der Waals surface area contributed by atoms with Gasteiger partial charge in [0.2, 0.25) is 0 Å². The van der Waals surface area contributed by atoms with Crippen molar-refractivity contribution in [3.05, 3.63) is 326 Å². The first kappa shape index (κ1) is 57.7. The van der Waals surface area contributed by atoms with E-state index in [9.17, 15) is 0 Å². The number of aromatic nitrogens is 14. The lowest BCUT2D eigenvalue weighted by Gasteiger charge is -2.15. The van der Waals surface area contributed by atoms with Crippen LogP contribution in [0.1, 0.15) is 22.8 Å². The fraction of sp³-hybridized carbons (Fsp3) is 0.0233. The van der Waals surface area contributed by atoms with Crippen molar-refractivity contribution in [3.8, 4) is 114 Å². The molecule has 12 aromatic carbocycles. The fourth-order valence-corrected chi connectivity index (χ4v) is 13.9. The van der Waals surface area contributed by atoms with Crippen LogP contribution in [-0.4, -0.2) is 68.6 Å². The molecule has 468 valence electrons. The van der Waals surface area contributed by atoms with Gasteiger partial charge >= 0.3 is 0 Å². The molecule has 0 atom stereocenters. The predicted molar refractivity (Wildman–Crippen MR) is 396 cm³/mol. The van der Waals surface area contributed by atoms with E-state index in [0.29, 0.717) is 82.7 Å². The summed E-state index contributed by atoms with van der Waals surface area (Å²) >= 11 is 0. The maximum absolute atomic E-state index is 5.42. The zero-order valence-electron chi connectivity index (χ0n) is 53.5.